The molecule has 12 nitrogen and oxygen atoms in total. The molecule has 2 aliphatic heterocycles. The first kappa shape index (κ1) is 37.8. The van der Waals surface area contributed by atoms with Gasteiger partial charge in [0, 0.05) is 43.1 Å². The Labute approximate surface area is 316 Å². The van der Waals surface area contributed by atoms with Gasteiger partial charge in [-0.3, -0.25) is 23.9 Å². The summed E-state index contributed by atoms with van der Waals surface area (Å²) in [5, 5.41) is 1.13. The minimum atomic E-state index is -3.87. The Morgan fingerprint density at radius 1 is 0.963 bits per heavy atom. The average molecular weight is 759 g/mol. The van der Waals surface area contributed by atoms with Gasteiger partial charge in [0.1, 0.15) is 6.10 Å². The molecule has 4 fully saturated rings. The topological polar surface area (TPSA) is 152 Å². The number of carbonyl (C=O) groups excluding carboxylic acids is 5. The molecule has 7 rings (SSSR count). The lowest BCUT2D eigenvalue weighted by Gasteiger charge is -2.36. The van der Waals surface area contributed by atoms with Crippen molar-refractivity contribution in [2.75, 3.05) is 19.6 Å². The molecule has 0 spiro atoms. The molecule has 5 atom stereocenters. The smallest absolute Gasteiger partial charge is 0.419 e. The number of nitrogens with one attached hydrogen (secondary N) is 1. The Balaban J connectivity index is 1.18. The van der Waals surface area contributed by atoms with Gasteiger partial charge >= 0.3 is 6.09 Å². The molecule has 1 aromatic heterocycles. The highest BCUT2D eigenvalue weighted by Gasteiger charge is 2.61. The van der Waals surface area contributed by atoms with E-state index in [2.05, 4.69) is 11.3 Å². The van der Waals surface area contributed by atoms with Gasteiger partial charge in [0.25, 0.3) is 0 Å². The van der Waals surface area contributed by atoms with E-state index >= 15 is 0 Å². The van der Waals surface area contributed by atoms with Crippen LogP contribution in [0.15, 0.2) is 61.2 Å². The third-order valence-electron chi connectivity index (χ3n) is 11.9. The molecule has 3 aromatic rings. The van der Waals surface area contributed by atoms with Crippen LogP contribution in [0.3, 0.4) is 0 Å². The van der Waals surface area contributed by atoms with E-state index in [4.69, 9.17) is 4.74 Å². The van der Waals surface area contributed by atoms with Crippen molar-refractivity contribution in [3.05, 3.63) is 61.2 Å². The van der Waals surface area contributed by atoms with Crippen molar-refractivity contribution in [1.29, 1.82) is 0 Å². The van der Waals surface area contributed by atoms with Crippen molar-refractivity contribution in [2.24, 2.45) is 22.7 Å². The summed E-state index contributed by atoms with van der Waals surface area (Å²) < 4.78 is 35.4. The van der Waals surface area contributed by atoms with E-state index < -0.39 is 73.8 Å². The summed E-state index contributed by atoms with van der Waals surface area (Å²) in [6.07, 6.45) is 3.74. The van der Waals surface area contributed by atoms with Crippen LogP contribution in [0.25, 0.3) is 21.8 Å². The fraction of sp³-hybridized carbons (Fsp3) is 0.537. The molecule has 2 saturated carbocycles. The second-order valence-corrected chi connectivity index (χ2v) is 18.7. The first-order valence-electron chi connectivity index (χ1n) is 19.1. The molecule has 13 heteroatoms. The number of rotatable bonds is 11. The maximum Gasteiger partial charge on any atom is 0.419 e. The number of ketones is 1. The van der Waals surface area contributed by atoms with Crippen molar-refractivity contribution >= 4 is 61.4 Å². The summed E-state index contributed by atoms with van der Waals surface area (Å²) in [4.78, 5) is 73.6. The maximum absolute atomic E-state index is 14.7. The van der Waals surface area contributed by atoms with Crippen LogP contribution in [0.1, 0.15) is 78.6 Å². The number of hydrogen-bond donors (Lipinski definition) is 1. The lowest BCUT2D eigenvalue weighted by molar-refractivity contribution is -0.148. The number of nitrogens with zero attached hydrogens (tertiary/aromatic N) is 3. The highest BCUT2D eigenvalue weighted by molar-refractivity contribution is 7.90. The molecule has 3 amide bonds. The molecule has 288 valence electrons. The molecule has 2 aromatic carbocycles. The minimum Gasteiger partial charge on any atom is -0.444 e. The van der Waals surface area contributed by atoms with Gasteiger partial charge in [0.15, 0.2) is 5.78 Å². The molecule has 0 radical (unpaired) electrons. The standard InChI is InChI=1S/C41H50N4O8S/c1-5-26-23-41(26,38(49)42-54(51,52)28-17-18-28)24-35(46)34-21-27(53-39(50)45-32-15-9-7-13-29(32)30-14-8-10-16-33(30)45)25-44(34)37(48)31(40(2,3)4)22-36(47)43-19-11-6-12-20-43/h5,7-10,13-16,26-28,31,34H,1,6,11-12,17-25H2,2-4H3,(H,42,49)/t26-,27-,31-,34+,41-/m1/s1. The van der Waals surface area contributed by atoms with E-state index in [-0.39, 0.29) is 38.1 Å². The van der Waals surface area contributed by atoms with E-state index in [0.717, 1.165) is 30.0 Å². The zero-order valence-electron chi connectivity index (χ0n) is 31.3. The number of aromatic nitrogens is 1. The largest absolute Gasteiger partial charge is 0.444 e. The number of ether oxygens (including phenoxy) is 1. The van der Waals surface area contributed by atoms with Crippen LogP contribution in [-0.2, 0) is 33.9 Å². The number of likely N-dealkylation sites (tertiary alicyclic amines) is 2. The van der Waals surface area contributed by atoms with Crippen molar-refractivity contribution in [2.45, 2.75) is 96.0 Å². The first-order valence-corrected chi connectivity index (χ1v) is 20.7. The Morgan fingerprint density at radius 2 is 1.57 bits per heavy atom. The fourth-order valence-corrected chi connectivity index (χ4v) is 9.85. The second-order valence-electron chi connectivity index (χ2n) is 16.7. The van der Waals surface area contributed by atoms with E-state index in [9.17, 15) is 32.4 Å². The van der Waals surface area contributed by atoms with Crippen molar-refractivity contribution in [1.82, 2.24) is 19.1 Å². The number of piperidine rings is 1. The van der Waals surface area contributed by atoms with Gasteiger partial charge in [-0.25, -0.2) is 17.8 Å². The molecule has 3 heterocycles. The zero-order chi connectivity index (χ0) is 38.6. The number of para-hydroxylation sites is 2. The van der Waals surface area contributed by atoms with Gasteiger partial charge in [0.2, 0.25) is 27.7 Å². The van der Waals surface area contributed by atoms with Crippen LogP contribution in [0.5, 0.6) is 0 Å². The normalized spacial score (nSPS) is 25.0. The zero-order valence-corrected chi connectivity index (χ0v) is 32.1. The maximum atomic E-state index is 14.7. The highest BCUT2D eigenvalue weighted by Crippen LogP contribution is 2.57. The van der Waals surface area contributed by atoms with E-state index in [1.165, 1.54) is 9.47 Å². The molecule has 1 N–H and O–H groups in total. The molecule has 0 bridgehead atoms. The predicted octanol–water partition coefficient (Wildman–Crippen LogP) is 5.57. The third-order valence-corrected chi connectivity index (χ3v) is 13.8. The van der Waals surface area contributed by atoms with Gasteiger partial charge in [-0.15, -0.1) is 6.58 Å². The van der Waals surface area contributed by atoms with Gasteiger partial charge in [-0.2, -0.15) is 0 Å². The van der Waals surface area contributed by atoms with Gasteiger partial charge in [0.05, 0.1) is 40.2 Å². The Kier molecular flexibility index (Phi) is 9.99. The summed E-state index contributed by atoms with van der Waals surface area (Å²) in [7, 11) is -3.87. The summed E-state index contributed by atoms with van der Waals surface area (Å²) in [6, 6.07) is 13.9. The number of carbonyl (C=O) groups is 5. The average Bonchev–Trinajstić information content (AvgIpc) is 4.05. The van der Waals surface area contributed by atoms with Gasteiger partial charge in [-0.1, -0.05) is 63.2 Å². The number of hydrogen-bond acceptors (Lipinski definition) is 8. The summed E-state index contributed by atoms with van der Waals surface area (Å²) in [5.41, 5.74) is -0.661. The minimum absolute atomic E-state index is 0.0127. The number of sulfonamides is 1. The van der Waals surface area contributed by atoms with E-state index in [0.29, 0.717) is 37.0 Å². The molecule has 2 aliphatic carbocycles. The van der Waals surface area contributed by atoms with Crippen LogP contribution in [0.4, 0.5) is 4.79 Å². The lowest BCUT2D eigenvalue weighted by atomic mass is 9.77. The van der Waals surface area contributed by atoms with E-state index in [1.54, 1.807) is 11.0 Å². The summed E-state index contributed by atoms with van der Waals surface area (Å²) >= 11 is 0. The van der Waals surface area contributed by atoms with Crippen LogP contribution >= 0.6 is 0 Å². The third kappa shape index (κ3) is 7.19. The number of amides is 3. The fourth-order valence-electron chi connectivity index (χ4n) is 8.47. The van der Waals surface area contributed by atoms with Crippen LogP contribution in [-0.4, -0.2) is 89.4 Å². The summed E-state index contributed by atoms with van der Waals surface area (Å²) in [5.74, 6) is -2.88. The highest BCUT2D eigenvalue weighted by atomic mass is 32.2. The Bertz CT molecular complexity index is 2070. The lowest BCUT2D eigenvalue weighted by Crippen LogP contribution is -2.49. The van der Waals surface area contributed by atoms with Gasteiger partial charge < -0.3 is 14.5 Å². The van der Waals surface area contributed by atoms with Crippen molar-refractivity contribution in [3.8, 4) is 0 Å². The van der Waals surface area contributed by atoms with Gasteiger partial charge in [-0.05, 0) is 62.0 Å². The molecule has 54 heavy (non-hydrogen) atoms. The van der Waals surface area contributed by atoms with Crippen molar-refractivity contribution in [3.63, 3.8) is 0 Å². The summed E-state index contributed by atoms with van der Waals surface area (Å²) in [6.45, 7) is 10.7. The monoisotopic (exact) mass is 758 g/mol. The first-order chi connectivity index (χ1) is 25.6. The number of fused-ring (bicyclic) bond motifs is 3. The molecule has 2 saturated heterocycles. The molecular formula is C41H50N4O8S. The number of allylic oxidation sites excluding steroid dienone is 1. The molecule has 4 aliphatic rings. The Hall–Kier alpha value is -4.52. The Morgan fingerprint density at radius 3 is 2.13 bits per heavy atom. The SMILES string of the molecule is C=C[C@@H]1C[C@]1(CC(=O)[C@@H]1C[C@@H](OC(=O)n2c3ccccc3c3ccccc32)CN1C(=O)[C@@H](CC(=O)N1CCCCC1)C(C)(C)C)C(=O)NS(=O)(=O)C1CC1. The quantitative estimate of drug-likeness (QED) is 0.249. The molecular weight excluding hydrogens is 709 g/mol. The van der Waals surface area contributed by atoms with E-state index in [1.807, 2.05) is 69.3 Å². The van der Waals surface area contributed by atoms with Crippen LogP contribution in [0.2, 0.25) is 0 Å². The molecule has 0 unspecified atom stereocenters. The van der Waals surface area contributed by atoms with Crippen LogP contribution in [0, 0.1) is 22.7 Å². The predicted molar refractivity (Wildman–Crippen MR) is 204 cm³/mol. The number of benzene rings is 2. The number of Topliss-reactive ketones (excluding diaryl/α,β-unsaturated/α-hetero) is 1. The van der Waals surface area contributed by atoms with Crippen molar-refractivity contribution < 1.29 is 37.1 Å². The second kappa shape index (κ2) is 14.3. The van der Waals surface area contributed by atoms with Crippen LogP contribution < -0.4 is 4.72 Å².